The Morgan fingerprint density at radius 3 is 2.60 bits per heavy atom. The van der Waals surface area contributed by atoms with Crippen molar-refractivity contribution in [1.82, 2.24) is 0 Å². The average Bonchev–Trinajstić information content (AvgIpc) is 1.87. The van der Waals surface area contributed by atoms with E-state index in [-0.39, 0.29) is 5.92 Å². The molecule has 0 radical (unpaired) electrons. The average molecular weight is 163 g/mol. The van der Waals surface area contributed by atoms with E-state index in [1.807, 2.05) is 13.2 Å². The molecule has 0 bridgehead atoms. The minimum Gasteiger partial charge on any atom is -0.480 e. The van der Waals surface area contributed by atoms with Gasteiger partial charge in [0.05, 0.1) is 0 Å². The quantitative estimate of drug-likeness (QED) is 0.629. The maximum atomic E-state index is 10.3. The summed E-state index contributed by atoms with van der Waals surface area (Å²) in [5, 5.41) is 8.44. The fraction of sp³-hybridized carbons (Fsp3) is 0.833. The summed E-state index contributed by atoms with van der Waals surface area (Å²) in [5.41, 5.74) is 5.33. The van der Waals surface area contributed by atoms with Crippen LogP contribution >= 0.6 is 11.8 Å². The number of hydrogen-bond acceptors (Lipinski definition) is 3. The van der Waals surface area contributed by atoms with Gasteiger partial charge in [0, 0.05) is 0 Å². The predicted octanol–water partition coefficient (Wildman–Crippen LogP) is 0.397. The standard InChI is InChI=1S/C6H13NO2S/c1-4(3-10-2)5(7)6(8)9/h4-5H,3,7H2,1-2H3,(H,8,9)/t4-,5-/m0/s1. The molecular weight excluding hydrogens is 150 g/mol. The lowest BCUT2D eigenvalue weighted by Gasteiger charge is -2.13. The van der Waals surface area contributed by atoms with Gasteiger partial charge in [-0.2, -0.15) is 11.8 Å². The van der Waals surface area contributed by atoms with Crippen LogP contribution in [-0.4, -0.2) is 29.1 Å². The van der Waals surface area contributed by atoms with Crippen molar-refractivity contribution < 1.29 is 9.90 Å². The van der Waals surface area contributed by atoms with Gasteiger partial charge in [0.2, 0.25) is 0 Å². The van der Waals surface area contributed by atoms with Crippen molar-refractivity contribution in [3.8, 4) is 0 Å². The Morgan fingerprint density at radius 2 is 2.30 bits per heavy atom. The lowest BCUT2D eigenvalue weighted by atomic mass is 10.1. The Morgan fingerprint density at radius 1 is 1.80 bits per heavy atom. The summed E-state index contributed by atoms with van der Waals surface area (Å²) in [5.74, 6) is -0.0675. The Kier molecular flexibility index (Phi) is 4.47. The van der Waals surface area contributed by atoms with Crippen molar-refractivity contribution in [3.05, 3.63) is 0 Å². The number of carboxylic acids is 1. The number of carboxylic acid groups (broad SMARTS) is 1. The molecule has 0 aromatic heterocycles. The zero-order valence-electron chi connectivity index (χ0n) is 6.20. The van der Waals surface area contributed by atoms with E-state index in [9.17, 15) is 4.79 Å². The number of rotatable bonds is 4. The summed E-state index contributed by atoms with van der Waals surface area (Å²) in [7, 11) is 0. The summed E-state index contributed by atoms with van der Waals surface area (Å²) in [6.07, 6.45) is 1.94. The minimum absolute atomic E-state index is 0.0486. The van der Waals surface area contributed by atoms with Crippen molar-refractivity contribution in [1.29, 1.82) is 0 Å². The number of hydrogen-bond donors (Lipinski definition) is 2. The first-order valence-corrected chi connectivity index (χ1v) is 4.46. The second kappa shape index (κ2) is 4.57. The van der Waals surface area contributed by atoms with Gasteiger partial charge in [0.1, 0.15) is 6.04 Å². The molecule has 0 aromatic rings. The van der Waals surface area contributed by atoms with Gasteiger partial charge >= 0.3 is 5.97 Å². The Hall–Kier alpha value is -0.220. The highest BCUT2D eigenvalue weighted by Gasteiger charge is 2.18. The van der Waals surface area contributed by atoms with E-state index in [4.69, 9.17) is 10.8 Å². The van der Waals surface area contributed by atoms with E-state index in [2.05, 4.69) is 0 Å². The molecule has 0 amide bonds. The van der Waals surface area contributed by atoms with E-state index in [1.165, 1.54) is 0 Å². The second-order valence-electron chi connectivity index (χ2n) is 2.30. The number of carbonyl (C=O) groups is 1. The molecule has 0 aliphatic heterocycles. The van der Waals surface area contributed by atoms with Gasteiger partial charge in [-0.05, 0) is 17.9 Å². The lowest BCUT2D eigenvalue weighted by molar-refractivity contribution is -0.139. The van der Waals surface area contributed by atoms with Crippen molar-refractivity contribution >= 4 is 17.7 Å². The molecule has 3 nitrogen and oxygen atoms in total. The normalized spacial score (nSPS) is 16.3. The molecular formula is C6H13NO2S. The molecule has 0 aromatic carbocycles. The zero-order valence-corrected chi connectivity index (χ0v) is 7.02. The monoisotopic (exact) mass is 163 g/mol. The summed E-state index contributed by atoms with van der Waals surface area (Å²) in [6, 6.07) is -0.715. The van der Waals surface area contributed by atoms with Crippen LogP contribution in [0.3, 0.4) is 0 Å². The van der Waals surface area contributed by atoms with Crippen LogP contribution in [0.15, 0.2) is 0 Å². The molecule has 10 heavy (non-hydrogen) atoms. The first-order valence-electron chi connectivity index (χ1n) is 3.07. The summed E-state index contributed by atoms with van der Waals surface area (Å²) in [4.78, 5) is 10.3. The highest BCUT2D eigenvalue weighted by molar-refractivity contribution is 7.98. The molecule has 4 heteroatoms. The van der Waals surface area contributed by atoms with Crippen molar-refractivity contribution in [3.63, 3.8) is 0 Å². The smallest absolute Gasteiger partial charge is 0.320 e. The van der Waals surface area contributed by atoms with Crippen molar-refractivity contribution in [2.45, 2.75) is 13.0 Å². The van der Waals surface area contributed by atoms with E-state index < -0.39 is 12.0 Å². The third-order valence-electron chi connectivity index (χ3n) is 1.33. The topological polar surface area (TPSA) is 63.3 Å². The first kappa shape index (κ1) is 9.78. The highest BCUT2D eigenvalue weighted by Crippen LogP contribution is 2.07. The largest absolute Gasteiger partial charge is 0.480 e. The third kappa shape index (κ3) is 3.08. The summed E-state index contributed by atoms with van der Waals surface area (Å²) >= 11 is 1.61. The molecule has 0 saturated heterocycles. The van der Waals surface area contributed by atoms with Crippen molar-refractivity contribution in [2.75, 3.05) is 12.0 Å². The Balaban J connectivity index is 3.69. The van der Waals surface area contributed by atoms with Crippen molar-refractivity contribution in [2.24, 2.45) is 11.7 Å². The second-order valence-corrected chi connectivity index (χ2v) is 3.21. The van der Waals surface area contributed by atoms with Gasteiger partial charge in [-0.3, -0.25) is 4.79 Å². The van der Waals surface area contributed by atoms with Crippen LogP contribution in [0.1, 0.15) is 6.92 Å². The van der Waals surface area contributed by atoms with Gasteiger partial charge in [-0.1, -0.05) is 6.92 Å². The van der Waals surface area contributed by atoms with Gasteiger partial charge in [0.25, 0.3) is 0 Å². The molecule has 0 aliphatic rings. The van der Waals surface area contributed by atoms with Crippen LogP contribution in [0.25, 0.3) is 0 Å². The number of nitrogens with two attached hydrogens (primary N) is 1. The zero-order chi connectivity index (χ0) is 8.15. The maximum Gasteiger partial charge on any atom is 0.320 e. The minimum atomic E-state index is -0.915. The van der Waals surface area contributed by atoms with Crippen LogP contribution in [0.5, 0.6) is 0 Å². The molecule has 0 spiro atoms. The molecule has 0 heterocycles. The summed E-state index contributed by atoms with van der Waals surface area (Å²) < 4.78 is 0. The van der Waals surface area contributed by atoms with Gasteiger partial charge in [0.15, 0.2) is 0 Å². The van der Waals surface area contributed by atoms with Gasteiger partial charge in [-0.25, -0.2) is 0 Å². The Labute approximate surface area is 65.0 Å². The SMILES string of the molecule is CSC[C@H](C)[C@H](N)C(=O)O. The van der Waals surface area contributed by atoms with Crippen LogP contribution < -0.4 is 5.73 Å². The van der Waals surface area contributed by atoms with E-state index in [0.717, 1.165) is 5.75 Å². The predicted molar refractivity (Wildman–Crippen MR) is 43.2 cm³/mol. The Bertz CT molecular complexity index is 118. The molecule has 0 saturated carbocycles. The van der Waals surface area contributed by atoms with Gasteiger partial charge < -0.3 is 10.8 Å². The number of thioether (sulfide) groups is 1. The fourth-order valence-corrected chi connectivity index (χ4v) is 1.34. The first-order chi connectivity index (χ1) is 4.59. The maximum absolute atomic E-state index is 10.3. The molecule has 2 atom stereocenters. The van der Waals surface area contributed by atoms with Crippen LogP contribution in [0, 0.1) is 5.92 Å². The van der Waals surface area contributed by atoms with Crippen LogP contribution in [0.4, 0.5) is 0 Å². The third-order valence-corrected chi connectivity index (χ3v) is 2.19. The molecule has 0 fully saturated rings. The van der Waals surface area contributed by atoms with Gasteiger partial charge in [-0.15, -0.1) is 0 Å². The fourth-order valence-electron chi connectivity index (χ4n) is 0.610. The molecule has 0 aliphatic carbocycles. The number of aliphatic carboxylic acids is 1. The lowest BCUT2D eigenvalue weighted by Crippen LogP contribution is -2.37. The van der Waals surface area contributed by atoms with E-state index in [1.54, 1.807) is 11.8 Å². The summed E-state index contributed by atoms with van der Waals surface area (Å²) in [6.45, 7) is 1.84. The van der Waals surface area contributed by atoms with Crippen LogP contribution in [-0.2, 0) is 4.79 Å². The highest BCUT2D eigenvalue weighted by atomic mass is 32.2. The molecule has 60 valence electrons. The van der Waals surface area contributed by atoms with E-state index in [0.29, 0.717) is 0 Å². The van der Waals surface area contributed by atoms with Crippen LogP contribution in [0.2, 0.25) is 0 Å². The molecule has 0 unspecified atom stereocenters. The van der Waals surface area contributed by atoms with E-state index >= 15 is 0 Å². The molecule has 3 N–H and O–H groups in total. The molecule has 0 rings (SSSR count).